The van der Waals surface area contributed by atoms with E-state index < -0.39 is 4.92 Å². The van der Waals surface area contributed by atoms with Crippen LogP contribution in [0, 0.1) is 10.1 Å². The lowest BCUT2D eigenvalue weighted by Crippen LogP contribution is -2.12. The molecule has 0 amide bonds. The van der Waals surface area contributed by atoms with Gasteiger partial charge in [-0.1, -0.05) is 24.3 Å². The summed E-state index contributed by atoms with van der Waals surface area (Å²) in [6.07, 6.45) is 0. The first-order chi connectivity index (χ1) is 9.69. The van der Waals surface area contributed by atoms with Gasteiger partial charge in [0.1, 0.15) is 5.75 Å². The molecule has 21 heavy (non-hydrogen) atoms. The van der Waals surface area contributed by atoms with Crippen molar-refractivity contribution in [3.05, 3.63) is 69.8 Å². The fourth-order valence-electron chi connectivity index (χ4n) is 1.83. The van der Waals surface area contributed by atoms with E-state index in [9.17, 15) is 10.1 Å². The van der Waals surface area contributed by atoms with E-state index in [0.29, 0.717) is 6.54 Å². The van der Waals surface area contributed by atoms with Crippen LogP contribution in [0.5, 0.6) is 5.75 Å². The van der Waals surface area contributed by atoms with E-state index in [1.165, 1.54) is 12.1 Å². The van der Waals surface area contributed by atoms with Crippen molar-refractivity contribution in [2.24, 2.45) is 0 Å². The summed E-state index contributed by atoms with van der Waals surface area (Å²) in [5, 5.41) is 13.8. The number of halogens is 1. The Kier molecular flexibility index (Phi) is 6.65. The monoisotopic (exact) mass is 308 g/mol. The van der Waals surface area contributed by atoms with E-state index in [-0.39, 0.29) is 18.1 Å². The first kappa shape index (κ1) is 16.9. The Morgan fingerprint density at radius 3 is 1.90 bits per heavy atom. The largest absolute Gasteiger partial charge is 0.497 e. The molecule has 0 saturated heterocycles. The summed E-state index contributed by atoms with van der Waals surface area (Å²) in [5.41, 5.74) is 2.29. The summed E-state index contributed by atoms with van der Waals surface area (Å²) in [6.45, 7) is 1.41. The Morgan fingerprint density at radius 1 is 1.00 bits per heavy atom. The Labute approximate surface area is 129 Å². The predicted molar refractivity (Wildman–Crippen MR) is 83.9 cm³/mol. The second kappa shape index (κ2) is 8.24. The molecule has 0 aliphatic rings. The average Bonchev–Trinajstić information content (AvgIpc) is 2.48. The highest BCUT2D eigenvalue weighted by Gasteiger charge is 2.03. The van der Waals surface area contributed by atoms with Crippen molar-refractivity contribution in [1.82, 2.24) is 5.32 Å². The highest BCUT2D eigenvalue weighted by Crippen LogP contribution is 2.13. The molecule has 0 aromatic heterocycles. The molecular formula is C15H17ClN2O3. The van der Waals surface area contributed by atoms with Crippen molar-refractivity contribution in [3.8, 4) is 5.75 Å². The molecule has 0 atom stereocenters. The molecule has 0 bridgehead atoms. The van der Waals surface area contributed by atoms with Crippen molar-refractivity contribution >= 4 is 18.1 Å². The van der Waals surface area contributed by atoms with Crippen molar-refractivity contribution in [3.63, 3.8) is 0 Å². The lowest BCUT2D eigenvalue weighted by atomic mass is 10.2. The zero-order valence-corrected chi connectivity index (χ0v) is 12.4. The van der Waals surface area contributed by atoms with Gasteiger partial charge in [-0.25, -0.2) is 0 Å². The van der Waals surface area contributed by atoms with Crippen molar-refractivity contribution in [1.29, 1.82) is 0 Å². The Hall–Kier alpha value is -2.11. The van der Waals surface area contributed by atoms with Crippen molar-refractivity contribution in [2.75, 3.05) is 7.11 Å². The summed E-state index contributed by atoms with van der Waals surface area (Å²) >= 11 is 0. The van der Waals surface area contributed by atoms with E-state index in [2.05, 4.69) is 5.32 Å². The molecule has 0 unspecified atom stereocenters. The standard InChI is InChI=1S/C15H16N2O3.ClH/c1-20-15-8-4-13(5-9-15)11-16-10-12-2-6-14(7-3-12)17(18)19;/h2-9,16H,10-11H2,1H3;1H. The second-order valence-electron chi connectivity index (χ2n) is 4.38. The number of hydrogen-bond donors (Lipinski definition) is 1. The number of nitro benzene ring substituents is 1. The van der Waals surface area contributed by atoms with Crippen LogP contribution < -0.4 is 10.1 Å². The number of hydrogen-bond acceptors (Lipinski definition) is 4. The fourth-order valence-corrected chi connectivity index (χ4v) is 1.83. The zero-order chi connectivity index (χ0) is 14.4. The SMILES string of the molecule is COc1ccc(CNCc2ccc([N+](=O)[O-])cc2)cc1.Cl. The number of benzene rings is 2. The van der Waals surface area contributed by atoms with Crippen molar-refractivity contribution < 1.29 is 9.66 Å². The molecule has 2 rings (SSSR count). The summed E-state index contributed by atoms with van der Waals surface area (Å²) in [6, 6.07) is 14.4. The predicted octanol–water partition coefficient (Wildman–Crippen LogP) is 3.32. The molecule has 0 radical (unpaired) electrons. The number of nitrogens with zero attached hydrogens (tertiary/aromatic N) is 1. The molecule has 0 heterocycles. The minimum Gasteiger partial charge on any atom is -0.497 e. The highest BCUT2D eigenvalue weighted by atomic mass is 35.5. The molecule has 2 aromatic carbocycles. The maximum absolute atomic E-state index is 10.5. The Bertz CT molecular complexity index is 570. The number of non-ortho nitro benzene ring substituents is 1. The number of methoxy groups -OCH3 is 1. The molecule has 5 nitrogen and oxygen atoms in total. The number of ether oxygens (including phenoxy) is 1. The minimum atomic E-state index is -0.394. The molecule has 0 saturated carbocycles. The van der Waals surface area contributed by atoms with Gasteiger partial charge in [-0.05, 0) is 23.3 Å². The third kappa shape index (κ3) is 5.06. The summed E-state index contributed by atoms with van der Waals surface area (Å²) in [7, 11) is 1.64. The molecule has 1 N–H and O–H groups in total. The maximum Gasteiger partial charge on any atom is 0.269 e. The van der Waals surface area contributed by atoms with E-state index in [4.69, 9.17) is 4.74 Å². The van der Waals surface area contributed by atoms with E-state index in [1.54, 1.807) is 19.2 Å². The fraction of sp³-hybridized carbons (Fsp3) is 0.200. The lowest BCUT2D eigenvalue weighted by Gasteiger charge is -2.06. The molecule has 0 aliphatic carbocycles. The van der Waals surface area contributed by atoms with Crippen LogP contribution in [0.4, 0.5) is 5.69 Å². The number of rotatable bonds is 6. The van der Waals surface area contributed by atoms with Crippen LogP contribution in [0.25, 0.3) is 0 Å². The van der Waals surface area contributed by atoms with Crippen LogP contribution >= 0.6 is 12.4 Å². The van der Waals surface area contributed by atoms with E-state index in [0.717, 1.165) is 23.4 Å². The van der Waals surface area contributed by atoms with Crippen LogP contribution in [0.2, 0.25) is 0 Å². The molecule has 0 spiro atoms. The zero-order valence-electron chi connectivity index (χ0n) is 11.6. The van der Waals surface area contributed by atoms with Crippen LogP contribution in [0.3, 0.4) is 0 Å². The first-order valence-corrected chi connectivity index (χ1v) is 6.26. The number of nitrogens with one attached hydrogen (secondary N) is 1. The average molecular weight is 309 g/mol. The normalized spacial score (nSPS) is 9.76. The lowest BCUT2D eigenvalue weighted by molar-refractivity contribution is -0.384. The van der Waals surface area contributed by atoms with Gasteiger partial charge in [-0.15, -0.1) is 12.4 Å². The van der Waals surface area contributed by atoms with Gasteiger partial charge in [0.25, 0.3) is 5.69 Å². The maximum atomic E-state index is 10.5. The molecule has 6 heteroatoms. The topological polar surface area (TPSA) is 64.4 Å². The highest BCUT2D eigenvalue weighted by molar-refractivity contribution is 5.85. The van der Waals surface area contributed by atoms with Crippen LogP contribution in [0.1, 0.15) is 11.1 Å². The van der Waals surface area contributed by atoms with Gasteiger partial charge in [-0.2, -0.15) is 0 Å². The summed E-state index contributed by atoms with van der Waals surface area (Å²) < 4.78 is 5.10. The molecule has 0 fully saturated rings. The summed E-state index contributed by atoms with van der Waals surface area (Å²) in [5.74, 6) is 0.837. The third-order valence-corrected chi connectivity index (χ3v) is 2.96. The van der Waals surface area contributed by atoms with Crippen LogP contribution in [-0.4, -0.2) is 12.0 Å². The summed E-state index contributed by atoms with van der Waals surface area (Å²) in [4.78, 5) is 10.1. The van der Waals surface area contributed by atoms with Gasteiger partial charge < -0.3 is 10.1 Å². The van der Waals surface area contributed by atoms with Gasteiger partial charge in [-0.3, -0.25) is 10.1 Å². The smallest absolute Gasteiger partial charge is 0.269 e. The van der Waals surface area contributed by atoms with Crippen LogP contribution in [-0.2, 0) is 13.1 Å². The van der Waals surface area contributed by atoms with Gasteiger partial charge in [0, 0.05) is 25.2 Å². The number of nitro groups is 1. The molecule has 2 aromatic rings. The van der Waals surface area contributed by atoms with Crippen molar-refractivity contribution in [2.45, 2.75) is 13.1 Å². The van der Waals surface area contributed by atoms with E-state index >= 15 is 0 Å². The minimum absolute atomic E-state index is 0. The van der Waals surface area contributed by atoms with E-state index in [1.807, 2.05) is 24.3 Å². The quantitative estimate of drug-likeness (QED) is 0.657. The Morgan fingerprint density at radius 2 is 1.48 bits per heavy atom. The Balaban J connectivity index is 0.00000220. The third-order valence-electron chi connectivity index (χ3n) is 2.96. The first-order valence-electron chi connectivity index (χ1n) is 6.26. The second-order valence-corrected chi connectivity index (χ2v) is 4.38. The molecule has 0 aliphatic heterocycles. The van der Waals surface area contributed by atoms with Crippen LogP contribution in [0.15, 0.2) is 48.5 Å². The van der Waals surface area contributed by atoms with Gasteiger partial charge in [0.05, 0.1) is 12.0 Å². The molecule has 112 valence electrons. The van der Waals surface area contributed by atoms with Gasteiger partial charge in [0.2, 0.25) is 0 Å². The van der Waals surface area contributed by atoms with Gasteiger partial charge >= 0.3 is 0 Å². The molecular weight excluding hydrogens is 292 g/mol. The van der Waals surface area contributed by atoms with Gasteiger partial charge in [0.15, 0.2) is 0 Å².